The Morgan fingerprint density at radius 3 is 2.49 bits per heavy atom. The van der Waals surface area contributed by atoms with E-state index in [0.717, 1.165) is 70.0 Å². The molecule has 0 bridgehead atoms. The smallest absolute Gasteiger partial charge is 0.220 e. The summed E-state index contributed by atoms with van der Waals surface area (Å²) in [5, 5.41) is 16.5. The molecule has 0 saturated carbocycles. The zero-order valence-corrected chi connectivity index (χ0v) is 20.2. The molecule has 3 aromatic rings. The zero-order chi connectivity index (χ0) is 24.2. The van der Waals surface area contributed by atoms with Gasteiger partial charge in [0.2, 0.25) is 5.91 Å². The van der Waals surface area contributed by atoms with Crippen LogP contribution >= 0.6 is 0 Å². The molecule has 2 aromatic heterocycles. The Labute approximate surface area is 204 Å². The number of carbonyl (C=O) groups is 1. The van der Waals surface area contributed by atoms with E-state index in [1.54, 1.807) is 4.52 Å². The molecular weight excluding hydrogens is 447 g/mol. The number of piperazine rings is 1. The molecule has 5 rings (SSSR count). The summed E-state index contributed by atoms with van der Waals surface area (Å²) in [6, 6.07) is 10.8. The number of aromatic nitrogens is 4. The number of carbonyl (C=O) groups excluding carboxylic acids is 1. The number of aryl methyl sites for hydroxylation is 1. The first-order chi connectivity index (χ1) is 17.0. The molecule has 4 heterocycles. The lowest BCUT2D eigenvalue weighted by Gasteiger charge is -2.33. The maximum Gasteiger partial charge on any atom is 0.220 e. The normalized spacial score (nSPS) is 18.3. The summed E-state index contributed by atoms with van der Waals surface area (Å²) < 4.78 is 14.9. The summed E-state index contributed by atoms with van der Waals surface area (Å²) in [6.45, 7) is 6.55. The minimum atomic E-state index is -0.208. The number of benzene rings is 1. The summed E-state index contributed by atoms with van der Waals surface area (Å²) in [5.41, 5.74) is 1.81. The lowest BCUT2D eigenvalue weighted by atomic mass is 10.0. The molecule has 35 heavy (non-hydrogen) atoms. The molecule has 186 valence electrons. The van der Waals surface area contributed by atoms with E-state index in [2.05, 4.69) is 37.3 Å². The van der Waals surface area contributed by atoms with Crippen LogP contribution in [0.2, 0.25) is 0 Å². The highest BCUT2D eigenvalue weighted by Crippen LogP contribution is 2.16. The predicted molar refractivity (Wildman–Crippen MR) is 132 cm³/mol. The van der Waals surface area contributed by atoms with Gasteiger partial charge < -0.3 is 15.1 Å². The lowest BCUT2D eigenvalue weighted by molar-refractivity contribution is -0.122. The zero-order valence-electron chi connectivity index (χ0n) is 20.2. The summed E-state index contributed by atoms with van der Waals surface area (Å²) in [5.74, 6) is 1.46. The molecule has 2 aliphatic rings. The van der Waals surface area contributed by atoms with Crippen LogP contribution in [0, 0.1) is 5.82 Å². The van der Waals surface area contributed by atoms with E-state index < -0.39 is 0 Å². The number of rotatable bonds is 7. The van der Waals surface area contributed by atoms with Crippen LogP contribution in [0.15, 0.2) is 36.4 Å². The Kier molecular flexibility index (Phi) is 7.19. The molecule has 0 aliphatic carbocycles. The molecule has 0 unspecified atom stereocenters. The average Bonchev–Trinajstić information content (AvgIpc) is 3.28. The lowest BCUT2D eigenvalue weighted by Crippen LogP contribution is -2.45. The van der Waals surface area contributed by atoms with Crippen molar-refractivity contribution in [1.29, 1.82) is 0 Å². The number of likely N-dealkylation sites (tertiary alicyclic amines) is 1. The van der Waals surface area contributed by atoms with Gasteiger partial charge in [-0.2, -0.15) is 4.52 Å². The van der Waals surface area contributed by atoms with Gasteiger partial charge in [0.1, 0.15) is 11.6 Å². The van der Waals surface area contributed by atoms with Crippen molar-refractivity contribution in [2.45, 2.75) is 38.3 Å². The monoisotopic (exact) mass is 480 g/mol. The van der Waals surface area contributed by atoms with E-state index in [0.29, 0.717) is 24.3 Å². The second-order valence-corrected chi connectivity index (χ2v) is 9.61. The van der Waals surface area contributed by atoms with Crippen LogP contribution in [-0.4, -0.2) is 87.9 Å². The number of piperidine rings is 1. The number of nitrogens with one attached hydrogen (secondary N) is 1. The van der Waals surface area contributed by atoms with Gasteiger partial charge in [0.15, 0.2) is 11.5 Å². The fourth-order valence-corrected chi connectivity index (χ4v) is 4.79. The van der Waals surface area contributed by atoms with Gasteiger partial charge in [-0.15, -0.1) is 15.3 Å². The van der Waals surface area contributed by atoms with Crippen molar-refractivity contribution in [2.24, 2.45) is 0 Å². The van der Waals surface area contributed by atoms with E-state index in [4.69, 9.17) is 5.10 Å². The second-order valence-electron chi connectivity index (χ2n) is 9.61. The Morgan fingerprint density at radius 2 is 1.74 bits per heavy atom. The van der Waals surface area contributed by atoms with Crippen molar-refractivity contribution < 1.29 is 9.18 Å². The molecule has 1 N–H and O–H groups in total. The van der Waals surface area contributed by atoms with Crippen LogP contribution in [0.5, 0.6) is 0 Å². The molecule has 9 nitrogen and oxygen atoms in total. The van der Waals surface area contributed by atoms with Crippen LogP contribution in [0.1, 0.15) is 30.7 Å². The molecular formula is C25H33FN8O. The van der Waals surface area contributed by atoms with Crippen molar-refractivity contribution >= 4 is 17.4 Å². The van der Waals surface area contributed by atoms with Crippen LogP contribution < -0.4 is 10.2 Å². The Morgan fingerprint density at radius 1 is 1.00 bits per heavy atom. The fraction of sp³-hybridized carbons (Fsp3) is 0.520. The van der Waals surface area contributed by atoms with Crippen molar-refractivity contribution in [3.05, 3.63) is 53.6 Å². The Hall–Kier alpha value is -3.11. The minimum Gasteiger partial charge on any atom is -0.353 e. The third kappa shape index (κ3) is 5.94. The maximum atomic E-state index is 13.1. The first-order valence-electron chi connectivity index (χ1n) is 12.4. The minimum absolute atomic E-state index is 0.0361. The van der Waals surface area contributed by atoms with Gasteiger partial charge in [-0.25, -0.2) is 4.39 Å². The number of anilines is 1. The number of fused-ring (bicyclic) bond motifs is 1. The van der Waals surface area contributed by atoms with Crippen LogP contribution in [0.3, 0.4) is 0 Å². The molecule has 1 aromatic carbocycles. The van der Waals surface area contributed by atoms with Gasteiger partial charge in [-0.3, -0.25) is 9.69 Å². The van der Waals surface area contributed by atoms with E-state index in [9.17, 15) is 9.18 Å². The number of hydrogen-bond donors (Lipinski definition) is 1. The topological polar surface area (TPSA) is 81.9 Å². The first kappa shape index (κ1) is 23.6. The number of halogens is 1. The molecule has 2 saturated heterocycles. The molecule has 2 fully saturated rings. The second kappa shape index (κ2) is 10.7. The van der Waals surface area contributed by atoms with Gasteiger partial charge in [-0.05, 0) is 49.7 Å². The molecule has 2 aliphatic heterocycles. The molecule has 0 radical (unpaired) electrons. The van der Waals surface area contributed by atoms with Crippen LogP contribution in [-0.2, 0) is 17.8 Å². The average molecular weight is 481 g/mol. The number of amides is 1. The van der Waals surface area contributed by atoms with Gasteiger partial charge in [0.25, 0.3) is 0 Å². The first-order valence-corrected chi connectivity index (χ1v) is 12.4. The third-order valence-electron chi connectivity index (χ3n) is 6.99. The molecule has 1 amide bonds. The standard InChI is InChI=1S/C25H33FN8O/c1-31-14-16-33(17-15-31)24-7-6-22-28-29-23(34(22)30-24)8-9-25(35)27-21-10-12-32(13-11-21)18-19-2-4-20(26)5-3-19/h2-7,21H,8-18H2,1H3,(H,27,35). The van der Waals surface area contributed by atoms with E-state index in [-0.39, 0.29) is 17.8 Å². The summed E-state index contributed by atoms with van der Waals surface area (Å²) in [4.78, 5) is 19.6. The van der Waals surface area contributed by atoms with Gasteiger partial charge in [0.05, 0.1) is 0 Å². The van der Waals surface area contributed by atoms with Crippen molar-refractivity contribution in [3.63, 3.8) is 0 Å². The van der Waals surface area contributed by atoms with Crippen LogP contribution in [0.4, 0.5) is 10.2 Å². The van der Waals surface area contributed by atoms with Crippen molar-refractivity contribution in [3.8, 4) is 0 Å². The number of nitrogens with zero attached hydrogens (tertiary/aromatic N) is 7. The molecule has 0 atom stereocenters. The van der Waals surface area contributed by atoms with Gasteiger partial charge in [-0.1, -0.05) is 12.1 Å². The van der Waals surface area contributed by atoms with E-state index in [1.807, 2.05) is 24.3 Å². The maximum absolute atomic E-state index is 13.1. The highest BCUT2D eigenvalue weighted by Gasteiger charge is 2.21. The molecule has 10 heteroatoms. The number of likely N-dealkylation sites (N-methyl/N-ethyl adjacent to an activating group) is 1. The van der Waals surface area contributed by atoms with Gasteiger partial charge >= 0.3 is 0 Å². The van der Waals surface area contributed by atoms with E-state index >= 15 is 0 Å². The Balaban J connectivity index is 1.10. The van der Waals surface area contributed by atoms with Crippen molar-refractivity contribution in [2.75, 3.05) is 51.2 Å². The fourth-order valence-electron chi connectivity index (χ4n) is 4.79. The third-order valence-corrected chi connectivity index (χ3v) is 6.99. The predicted octanol–water partition coefficient (Wildman–Crippen LogP) is 1.73. The summed E-state index contributed by atoms with van der Waals surface area (Å²) >= 11 is 0. The SMILES string of the molecule is CN1CCN(c2ccc3nnc(CCC(=O)NC4CCN(Cc5ccc(F)cc5)CC4)n3n2)CC1. The number of hydrogen-bond acceptors (Lipinski definition) is 7. The molecule has 0 spiro atoms. The summed E-state index contributed by atoms with van der Waals surface area (Å²) in [7, 11) is 2.13. The summed E-state index contributed by atoms with van der Waals surface area (Å²) in [6.07, 6.45) is 2.68. The highest BCUT2D eigenvalue weighted by molar-refractivity contribution is 5.76. The Bertz CT molecular complexity index is 1130. The largest absolute Gasteiger partial charge is 0.353 e. The van der Waals surface area contributed by atoms with Gasteiger partial charge in [0, 0.05) is 64.7 Å². The van der Waals surface area contributed by atoms with Crippen LogP contribution in [0.25, 0.3) is 5.65 Å². The van der Waals surface area contributed by atoms with E-state index in [1.165, 1.54) is 12.1 Å². The van der Waals surface area contributed by atoms with Crippen molar-refractivity contribution in [1.82, 2.24) is 34.9 Å². The highest BCUT2D eigenvalue weighted by atomic mass is 19.1. The quantitative estimate of drug-likeness (QED) is 0.552.